The van der Waals surface area contributed by atoms with E-state index in [0.29, 0.717) is 28.3 Å². The minimum Gasteiger partial charge on any atom is -0.497 e. The van der Waals surface area contributed by atoms with E-state index in [9.17, 15) is 22.8 Å². The van der Waals surface area contributed by atoms with Gasteiger partial charge in [-0.25, -0.2) is 9.48 Å². The number of amides is 1. The van der Waals surface area contributed by atoms with E-state index >= 15 is 0 Å². The van der Waals surface area contributed by atoms with Gasteiger partial charge in [-0.2, -0.15) is 18.3 Å². The van der Waals surface area contributed by atoms with Crippen LogP contribution in [-0.4, -0.2) is 41.5 Å². The summed E-state index contributed by atoms with van der Waals surface area (Å²) in [5.74, 6) is -0.536. The zero-order chi connectivity index (χ0) is 27.0. The minimum atomic E-state index is -4.58. The molecule has 202 valence electrons. The molecule has 3 aromatic rings. The Morgan fingerprint density at radius 3 is 2.63 bits per heavy atom. The maximum Gasteiger partial charge on any atom is 0.410 e. The van der Waals surface area contributed by atoms with Gasteiger partial charge in [-0.05, 0) is 55.9 Å². The van der Waals surface area contributed by atoms with E-state index < -0.39 is 30.1 Å². The van der Waals surface area contributed by atoms with Crippen molar-refractivity contribution >= 4 is 34.0 Å². The van der Waals surface area contributed by atoms with E-state index in [-0.39, 0.29) is 24.5 Å². The number of aryl methyl sites for hydroxylation is 1. The molecule has 2 atom stereocenters. The van der Waals surface area contributed by atoms with E-state index in [4.69, 9.17) is 9.47 Å². The Hall–Kier alpha value is -3.54. The van der Waals surface area contributed by atoms with Crippen LogP contribution in [0, 0.1) is 0 Å². The molecule has 0 unspecified atom stereocenters. The van der Waals surface area contributed by atoms with Crippen molar-refractivity contribution in [3.63, 3.8) is 0 Å². The molecule has 5 rings (SSSR count). The lowest BCUT2D eigenvalue weighted by atomic mass is 9.95. The summed E-state index contributed by atoms with van der Waals surface area (Å²) in [4.78, 5) is 26.9. The van der Waals surface area contributed by atoms with Gasteiger partial charge in [0.1, 0.15) is 16.6 Å². The largest absolute Gasteiger partial charge is 0.497 e. The van der Waals surface area contributed by atoms with Gasteiger partial charge in [0.15, 0.2) is 11.7 Å². The molecule has 1 aliphatic heterocycles. The zero-order valence-corrected chi connectivity index (χ0v) is 21.7. The van der Waals surface area contributed by atoms with E-state index in [1.165, 1.54) is 24.5 Å². The Labute approximate surface area is 221 Å². The predicted molar refractivity (Wildman–Crippen MR) is 136 cm³/mol. The highest BCUT2D eigenvalue weighted by molar-refractivity contribution is 7.17. The third kappa shape index (κ3) is 4.96. The highest BCUT2D eigenvalue weighted by Crippen LogP contribution is 2.44. The number of carbonyl (C=O) groups is 2. The lowest BCUT2D eigenvalue weighted by Crippen LogP contribution is -2.35. The lowest BCUT2D eigenvalue weighted by molar-refractivity contribution is -0.173. The van der Waals surface area contributed by atoms with E-state index in [1.54, 1.807) is 31.2 Å². The molecule has 0 spiro atoms. The van der Waals surface area contributed by atoms with Gasteiger partial charge in [0, 0.05) is 17.4 Å². The second-order valence-electron chi connectivity index (χ2n) is 9.21. The Morgan fingerprint density at radius 1 is 1.21 bits per heavy atom. The lowest BCUT2D eigenvalue weighted by Gasteiger charge is -2.33. The molecule has 0 saturated heterocycles. The van der Waals surface area contributed by atoms with Crippen LogP contribution in [-0.2, 0) is 17.6 Å². The summed E-state index contributed by atoms with van der Waals surface area (Å²) in [6.07, 6.45) is -1.46. The van der Waals surface area contributed by atoms with Crippen LogP contribution < -0.4 is 15.4 Å². The Bertz CT molecular complexity index is 1350. The van der Waals surface area contributed by atoms with Crippen molar-refractivity contribution in [1.29, 1.82) is 0 Å². The third-order valence-electron chi connectivity index (χ3n) is 6.82. The number of nitrogens with one attached hydrogen (secondary N) is 2. The molecule has 2 N–H and O–H groups in total. The summed E-state index contributed by atoms with van der Waals surface area (Å²) in [5, 5.41) is 10.2. The first-order chi connectivity index (χ1) is 18.2. The number of anilines is 2. The normalized spacial score (nSPS) is 18.7. The number of methoxy groups -OCH3 is 1. The van der Waals surface area contributed by atoms with Gasteiger partial charge in [0.05, 0.1) is 25.3 Å². The molecular weight excluding hydrogens is 521 g/mol. The molecule has 0 radical (unpaired) electrons. The number of rotatable bonds is 6. The van der Waals surface area contributed by atoms with Crippen LogP contribution in [0.2, 0.25) is 0 Å². The van der Waals surface area contributed by atoms with Crippen LogP contribution in [0.1, 0.15) is 75.1 Å². The van der Waals surface area contributed by atoms with Gasteiger partial charge in [-0.15, -0.1) is 11.3 Å². The van der Waals surface area contributed by atoms with E-state index in [2.05, 4.69) is 15.7 Å². The summed E-state index contributed by atoms with van der Waals surface area (Å²) >= 11 is 1.31. The molecule has 8 nitrogen and oxygen atoms in total. The number of alkyl halides is 3. The van der Waals surface area contributed by atoms with Crippen molar-refractivity contribution in [2.45, 2.75) is 57.3 Å². The van der Waals surface area contributed by atoms with Crippen molar-refractivity contribution in [3.05, 3.63) is 57.6 Å². The molecule has 1 amide bonds. The van der Waals surface area contributed by atoms with Crippen molar-refractivity contribution in [2.24, 2.45) is 0 Å². The monoisotopic (exact) mass is 548 g/mol. The van der Waals surface area contributed by atoms with Crippen LogP contribution in [0.3, 0.4) is 0 Å². The number of esters is 1. The molecule has 12 heteroatoms. The van der Waals surface area contributed by atoms with E-state index in [0.717, 1.165) is 34.4 Å². The number of thiophene rings is 1. The molecule has 2 aliphatic rings. The van der Waals surface area contributed by atoms with Crippen LogP contribution in [0.5, 0.6) is 5.75 Å². The smallest absolute Gasteiger partial charge is 0.410 e. The van der Waals surface area contributed by atoms with Crippen LogP contribution >= 0.6 is 11.3 Å². The van der Waals surface area contributed by atoms with Crippen LogP contribution in [0.15, 0.2) is 30.3 Å². The zero-order valence-electron chi connectivity index (χ0n) is 20.9. The van der Waals surface area contributed by atoms with Gasteiger partial charge in [-0.3, -0.25) is 4.79 Å². The Balaban J connectivity index is 1.44. The molecular formula is C26H27F3N4O4S. The summed E-state index contributed by atoms with van der Waals surface area (Å²) in [6.45, 7) is 1.89. The molecule has 2 aromatic heterocycles. The fourth-order valence-electron chi connectivity index (χ4n) is 4.98. The maximum atomic E-state index is 14.1. The first kappa shape index (κ1) is 26.1. The fourth-order valence-corrected chi connectivity index (χ4v) is 6.25. The highest BCUT2D eigenvalue weighted by Gasteiger charge is 2.47. The number of aromatic nitrogens is 2. The predicted octanol–water partition coefficient (Wildman–Crippen LogP) is 5.92. The molecule has 1 aromatic carbocycles. The third-order valence-corrected chi connectivity index (χ3v) is 8.03. The maximum absolute atomic E-state index is 14.1. The van der Waals surface area contributed by atoms with Crippen molar-refractivity contribution < 1.29 is 32.2 Å². The van der Waals surface area contributed by atoms with E-state index in [1.807, 2.05) is 0 Å². The number of fused-ring (bicyclic) bond motifs is 2. The van der Waals surface area contributed by atoms with Gasteiger partial charge in [0.2, 0.25) is 0 Å². The highest BCUT2D eigenvalue weighted by atomic mass is 32.1. The molecule has 1 aliphatic carbocycles. The van der Waals surface area contributed by atoms with Crippen molar-refractivity contribution in [2.75, 3.05) is 24.4 Å². The average molecular weight is 549 g/mol. The van der Waals surface area contributed by atoms with Crippen LogP contribution in [0.25, 0.3) is 0 Å². The summed E-state index contributed by atoms with van der Waals surface area (Å²) < 4.78 is 53.4. The first-order valence-electron chi connectivity index (χ1n) is 12.4. The minimum absolute atomic E-state index is 0.0839. The summed E-state index contributed by atoms with van der Waals surface area (Å²) in [6, 6.07) is 5.53. The summed E-state index contributed by atoms with van der Waals surface area (Å²) in [5.41, 5.74) is 1.68. The van der Waals surface area contributed by atoms with Crippen molar-refractivity contribution in [3.8, 4) is 5.75 Å². The fraction of sp³-hybridized carbons (Fsp3) is 0.423. The number of carbonyl (C=O) groups excluding carboxylic acids is 2. The molecule has 0 fully saturated rings. The number of halogens is 3. The van der Waals surface area contributed by atoms with Gasteiger partial charge in [0.25, 0.3) is 5.91 Å². The van der Waals surface area contributed by atoms with Gasteiger partial charge in [-0.1, -0.05) is 12.1 Å². The number of hydrogen-bond donors (Lipinski definition) is 2. The van der Waals surface area contributed by atoms with Gasteiger partial charge < -0.3 is 20.1 Å². The van der Waals surface area contributed by atoms with Gasteiger partial charge >= 0.3 is 12.1 Å². The molecule has 0 saturated carbocycles. The topological polar surface area (TPSA) is 94.5 Å². The SMILES string of the molecule is CCOC(=O)c1c(NC(=O)c2cc3n(n2)[C@H](C(F)(F)F)C[C@@H](c2ccc(OC)cc2)N3)sc2c1CCCC2. The standard InChI is InChI=1S/C26H27F3N4O4S/c1-3-37-25(35)22-16-6-4-5-7-19(16)38-24(22)31-23(34)18-13-21-30-17(14-8-10-15(36-2)11-9-14)12-20(26(27,28)29)33(21)32-18/h8-11,13,17,20,30H,3-7,12H2,1-2H3,(H,31,34)/t17-,20-/m0/s1. The second-order valence-corrected chi connectivity index (χ2v) is 10.3. The average Bonchev–Trinajstić information content (AvgIpc) is 3.49. The molecule has 38 heavy (non-hydrogen) atoms. The van der Waals surface area contributed by atoms with Crippen molar-refractivity contribution in [1.82, 2.24) is 9.78 Å². The molecule has 0 bridgehead atoms. The Kier molecular flexibility index (Phi) is 7.08. The summed E-state index contributed by atoms with van der Waals surface area (Å²) in [7, 11) is 1.51. The number of ether oxygens (including phenoxy) is 2. The number of nitrogens with zero attached hydrogens (tertiary/aromatic N) is 2. The number of hydrogen-bond acceptors (Lipinski definition) is 7. The quantitative estimate of drug-likeness (QED) is 0.372. The number of benzene rings is 1. The van der Waals surface area contributed by atoms with Crippen LogP contribution in [0.4, 0.5) is 24.0 Å². The Morgan fingerprint density at radius 2 is 1.95 bits per heavy atom. The second kappa shape index (κ2) is 10.3. The first-order valence-corrected chi connectivity index (χ1v) is 13.2. The molecule has 3 heterocycles.